The van der Waals surface area contributed by atoms with Gasteiger partial charge in [0.2, 0.25) is 5.91 Å². The Labute approximate surface area is 127 Å². The summed E-state index contributed by atoms with van der Waals surface area (Å²) in [5.74, 6) is -0.137. The van der Waals surface area contributed by atoms with Crippen molar-refractivity contribution in [2.75, 3.05) is 6.54 Å². The highest BCUT2D eigenvalue weighted by Gasteiger charge is 1.99. The molecule has 112 valence electrons. The first-order chi connectivity index (χ1) is 10.2. The van der Waals surface area contributed by atoms with Crippen molar-refractivity contribution in [3.63, 3.8) is 0 Å². The average Bonchev–Trinajstić information content (AvgIpc) is 2.54. The van der Waals surface area contributed by atoms with Crippen molar-refractivity contribution >= 4 is 5.91 Å². The molecule has 0 heterocycles. The number of carbonyl (C=O) groups excluding carboxylic acids is 1. The summed E-state index contributed by atoms with van der Waals surface area (Å²) < 4.78 is 0. The van der Waals surface area contributed by atoms with E-state index in [1.54, 1.807) is 0 Å². The number of hydrogen-bond acceptors (Lipinski definition) is 2. The number of rotatable bonds is 4. The van der Waals surface area contributed by atoms with Crippen molar-refractivity contribution in [3.05, 3.63) is 60.2 Å². The molecule has 0 saturated carbocycles. The largest absolute Gasteiger partial charge is 0.351 e. The van der Waals surface area contributed by atoms with Crippen LogP contribution in [-0.2, 0) is 11.3 Å². The van der Waals surface area contributed by atoms with E-state index in [9.17, 15) is 4.79 Å². The first-order valence-corrected chi connectivity index (χ1v) is 7.32. The smallest absolute Gasteiger partial charge is 0.234 e. The van der Waals surface area contributed by atoms with E-state index in [2.05, 4.69) is 43.4 Å². The molecule has 0 spiro atoms. The third kappa shape index (κ3) is 6.23. The van der Waals surface area contributed by atoms with Gasteiger partial charge in [-0.2, -0.15) is 0 Å². The van der Waals surface area contributed by atoms with E-state index in [0.29, 0.717) is 6.54 Å². The second-order valence-corrected chi connectivity index (χ2v) is 4.75. The fraction of sp³-hybridized carbons (Fsp3) is 0.278. The number of nitrogens with one attached hydrogen (secondary N) is 1. The van der Waals surface area contributed by atoms with Crippen LogP contribution in [0.1, 0.15) is 25.8 Å². The SMILES string of the molecule is CCC.NCC(=O)NCc1ccc(-c2ccccc2)cc1. The van der Waals surface area contributed by atoms with E-state index in [-0.39, 0.29) is 12.5 Å². The van der Waals surface area contributed by atoms with Crippen LogP contribution in [0, 0.1) is 0 Å². The maximum atomic E-state index is 11.0. The number of hydrogen-bond donors (Lipinski definition) is 2. The predicted octanol–water partition coefficient (Wildman–Crippen LogP) is 3.34. The van der Waals surface area contributed by atoms with Gasteiger partial charge < -0.3 is 11.1 Å². The van der Waals surface area contributed by atoms with Gasteiger partial charge in [-0.1, -0.05) is 74.9 Å². The zero-order valence-electron chi connectivity index (χ0n) is 12.8. The summed E-state index contributed by atoms with van der Waals surface area (Å²) in [5, 5.41) is 2.74. The Kier molecular flexibility index (Phi) is 7.84. The van der Waals surface area contributed by atoms with Gasteiger partial charge in [0.05, 0.1) is 6.54 Å². The normalized spacial score (nSPS) is 9.48. The van der Waals surface area contributed by atoms with E-state index in [1.165, 1.54) is 17.5 Å². The van der Waals surface area contributed by atoms with E-state index >= 15 is 0 Å². The molecule has 0 unspecified atom stereocenters. The molecule has 0 bridgehead atoms. The minimum atomic E-state index is -0.137. The molecule has 3 N–H and O–H groups in total. The van der Waals surface area contributed by atoms with Gasteiger partial charge in [-0.3, -0.25) is 4.79 Å². The number of carbonyl (C=O) groups is 1. The Morgan fingerprint density at radius 3 is 2.00 bits per heavy atom. The van der Waals surface area contributed by atoms with E-state index < -0.39 is 0 Å². The van der Waals surface area contributed by atoms with Gasteiger partial charge in [0, 0.05) is 6.54 Å². The van der Waals surface area contributed by atoms with Crippen LogP contribution in [0.15, 0.2) is 54.6 Å². The lowest BCUT2D eigenvalue weighted by Gasteiger charge is -2.05. The Morgan fingerprint density at radius 1 is 0.952 bits per heavy atom. The lowest BCUT2D eigenvalue weighted by atomic mass is 10.0. The number of benzene rings is 2. The molecular formula is C18H24N2O. The predicted molar refractivity (Wildman–Crippen MR) is 88.7 cm³/mol. The van der Waals surface area contributed by atoms with Crippen molar-refractivity contribution < 1.29 is 4.79 Å². The van der Waals surface area contributed by atoms with E-state index in [1.807, 2.05) is 30.3 Å². The number of nitrogens with two attached hydrogens (primary N) is 1. The first-order valence-electron chi connectivity index (χ1n) is 7.32. The molecule has 0 aromatic heterocycles. The summed E-state index contributed by atoms with van der Waals surface area (Å²) in [6, 6.07) is 18.3. The molecule has 2 aromatic carbocycles. The van der Waals surface area contributed by atoms with Crippen molar-refractivity contribution in [2.24, 2.45) is 5.73 Å². The third-order valence-electron chi connectivity index (χ3n) is 2.74. The summed E-state index contributed by atoms with van der Waals surface area (Å²) in [7, 11) is 0. The molecule has 0 aliphatic heterocycles. The maximum absolute atomic E-state index is 11.0. The topological polar surface area (TPSA) is 55.1 Å². The van der Waals surface area contributed by atoms with Gasteiger partial charge in [0.25, 0.3) is 0 Å². The van der Waals surface area contributed by atoms with Gasteiger partial charge in [-0.05, 0) is 16.7 Å². The van der Waals surface area contributed by atoms with Crippen LogP contribution >= 0.6 is 0 Å². The fourth-order valence-corrected chi connectivity index (χ4v) is 1.72. The summed E-state index contributed by atoms with van der Waals surface area (Å²) >= 11 is 0. The van der Waals surface area contributed by atoms with Crippen LogP contribution in [-0.4, -0.2) is 12.5 Å². The van der Waals surface area contributed by atoms with Crippen molar-refractivity contribution in [3.8, 4) is 11.1 Å². The summed E-state index contributed by atoms with van der Waals surface area (Å²) in [6.45, 7) is 4.80. The molecule has 0 aliphatic rings. The lowest BCUT2D eigenvalue weighted by molar-refractivity contribution is -0.119. The Hall–Kier alpha value is -2.13. The quantitative estimate of drug-likeness (QED) is 0.904. The van der Waals surface area contributed by atoms with Crippen LogP contribution < -0.4 is 11.1 Å². The average molecular weight is 284 g/mol. The maximum Gasteiger partial charge on any atom is 0.234 e. The molecule has 0 aliphatic carbocycles. The van der Waals surface area contributed by atoms with Gasteiger partial charge in [0.15, 0.2) is 0 Å². The lowest BCUT2D eigenvalue weighted by Crippen LogP contribution is -2.29. The minimum absolute atomic E-state index is 0.0299. The monoisotopic (exact) mass is 284 g/mol. The molecule has 21 heavy (non-hydrogen) atoms. The third-order valence-corrected chi connectivity index (χ3v) is 2.74. The standard InChI is InChI=1S/C15H16N2O.C3H8/c16-10-15(18)17-11-12-6-8-14(9-7-12)13-4-2-1-3-5-13;1-3-2/h1-9H,10-11,16H2,(H,17,18);3H2,1-2H3. The van der Waals surface area contributed by atoms with Crippen LogP contribution in [0.2, 0.25) is 0 Å². The van der Waals surface area contributed by atoms with Crippen molar-refractivity contribution in [1.29, 1.82) is 0 Å². The first kappa shape index (κ1) is 16.9. The second-order valence-electron chi connectivity index (χ2n) is 4.75. The highest BCUT2D eigenvalue weighted by atomic mass is 16.1. The van der Waals surface area contributed by atoms with Gasteiger partial charge in [-0.15, -0.1) is 0 Å². The van der Waals surface area contributed by atoms with Gasteiger partial charge in [-0.25, -0.2) is 0 Å². The van der Waals surface area contributed by atoms with Crippen LogP contribution in [0.4, 0.5) is 0 Å². The van der Waals surface area contributed by atoms with Crippen LogP contribution in [0.5, 0.6) is 0 Å². The van der Waals surface area contributed by atoms with Crippen LogP contribution in [0.25, 0.3) is 11.1 Å². The van der Waals surface area contributed by atoms with E-state index in [4.69, 9.17) is 5.73 Å². The van der Waals surface area contributed by atoms with Crippen molar-refractivity contribution in [2.45, 2.75) is 26.8 Å². The summed E-state index contributed by atoms with van der Waals surface area (Å²) in [5.41, 5.74) is 8.65. The van der Waals surface area contributed by atoms with Gasteiger partial charge in [0.1, 0.15) is 0 Å². The fourth-order valence-electron chi connectivity index (χ4n) is 1.72. The molecule has 0 atom stereocenters. The molecule has 1 amide bonds. The Balaban J connectivity index is 0.000000677. The second kappa shape index (κ2) is 9.72. The Bertz CT molecular complexity index is 521. The highest BCUT2D eigenvalue weighted by molar-refractivity contribution is 5.77. The minimum Gasteiger partial charge on any atom is -0.351 e. The van der Waals surface area contributed by atoms with Crippen molar-refractivity contribution in [1.82, 2.24) is 5.32 Å². The molecule has 0 radical (unpaired) electrons. The summed E-state index contributed by atoms with van der Waals surface area (Å²) in [4.78, 5) is 11.0. The van der Waals surface area contributed by atoms with Gasteiger partial charge >= 0.3 is 0 Å². The summed E-state index contributed by atoms with van der Waals surface area (Å²) in [6.07, 6.45) is 1.25. The molecular weight excluding hydrogens is 260 g/mol. The van der Waals surface area contributed by atoms with Crippen LogP contribution in [0.3, 0.4) is 0 Å². The van der Waals surface area contributed by atoms with E-state index in [0.717, 1.165) is 5.56 Å². The molecule has 3 nitrogen and oxygen atoms in total. The molecule has 2 aromatic rings. The number of amides is 1. The molecule has 0 fully saturated rings. The zero-order chi connectivity index (χ0) is 15.5. The highest BCUT2D eigenvalue weighted by Crippen LogP contribution is 2.18. The molecule has 2 rings (SSSR count). The zero-order valence-corrected chi connectivity index (χ0v) is 12.8. The molecule has 0 saturated heterocycles. The Morgan fingerprint density at radius 2 is 1.48 bits per heavy atom. The molecule has 3 heteroatoms.